The molecule has 0 aliphatic rings. The first-order chi connectivity index (χ1) is 14.0. The Bertz CT molecular complexity index is 1190. The molecule has 1 N–H and O–H groups in total. The van der Waals surface area contributed by atoms with E-state index in [1.807, 2.05) is 60.9 Å². The number of benzene rings is 2. The van der Waals surface area contributed by atoms with Gasteiger partial charge in [0, 0.05) is 11.3 Å². The molecule has 0 saturated heterocycles. The second-order valence-corrected chi connectivity index (χ2v) is 7.02. The maximum atomic E-state index is 11.6. The fraction of sp³-hybridized carbons (Fsp3) is 0.136. The summed E-state index contributed by atoms with van der Waals surface area (Å²) in [5.74, 6) is 0.472. The van der Waals surface area contributed by atoms with Crippen LogP contribution in [0.1, 0.15) is 21.9 Å². The summed E-state index contributed by atoms with van der Waals surface area (Å²) in [6.45, 7) is 3.95. The Kier molecular flexibility index (Phi) is 4.94. The zero-order chi connectivity index (χ0) is 20.5. The van der Waals surface area contributed by atoms with Crippen molar-refractivity contribution < 1.29 is 9.53 Å². The maximum Gasteiger partial charge on any atom is 0.337 e. The summed E-state index contributed by atoms with van der Waals surface area (Å²) in [5.41, 5.74) is 5.63. The van der Waals surface area contributed by atoms with Crippen molar-refractivity contribution in [3.8, 4) is 28.3 Å². The number of methoxy groups -OCH3 is 1. The van der Waals surface area contributed by atoms with Gasteiger partial charge in [-0.2, -0.15) is 5.10 Å². The van der Waals surface area contributed by atoms with E-state index in [1.165, 1.54) is 7.11 Å². The Morgan fingerprint density at radius 2 is 1.83 bits per heavy atom. The first kappa shape index (κ1) is 19.0. The highest BCUT2D eigenvalue weighted by Gasteiger charge is 2.18. The van der Waals surface area contributed by atoms with E-state index in [2.05, 4.69) is 10.2 Å². The summed E-state index contributed by atoms with van der Waals surface area (Å²) in [4.78, 5) is 16.3. The normalized spacial score (nSPS) is 10.9. The summed E-state index contributed by atoms with van der Waals surface area (Å²) in [6, 6.07) is 16.7. The van der Waals surface area contributed by atoms with Crippen LogP contribution in [0.4, 0.5) is 0 Å². The van der Waals surface area contributed by atoms with Gasteiger partial charge in [-0.25, -0.2) is 9.78 Å². The molecule has 0 spiro atoms. The number of para-hydroxylation sites is 1. The fourth-order valence-electron chi connectivity index (χ4n) is 3.37. The number of hydrogen-bond donors (Lipinski definition) is 1. The van der Waals surface area contributed by atoms with Crippen LogP contribution in [0.15, 0.2) is 54.6 Å². The SMILES string of the molecule is COC(=O)c1ccc(-c2cc(-c3nc(C)n(-c4ccccc4Cl)c3C)[nH]n2)cc1. The molecule has 0 radical (unpaired) electrons. The van der Waals surface area contributed by atoms with Crippen molar-refractivity contribution in [1.82, 2.24) is 19.7 Å². The smallest absolute Gasteiger partial charge is 0.337 e. The molecule has 0 atom stereocenters. The highest BCUT2D eigenvalue weighted by Crippen LogP contribution is 2.30. The zero-order valence-corrected chi connectivity index (χ0v) is 17.0. The predicted molar refractivity (Wildman–Crippen MR) is 112 cm³/mol. The molecule has 146 valence electrons. The van der Waals surface area contributed by atoms with E-state index in [1.54, 1.807) is 12.1 Å². The number of carbonyl (C=O) groups is 1. The van der Waals surface area contributed by atoms with Crippen LogP contribution in [0, 0.1) is 13.8 Å². The number of nitrogens with zero attached hydrogens (tertiary/aromatic N) is 3. The lowest BCUT2D eigenvalue weighted by Crippen LogP contribution is -2.00. The molecular formula is C22H19ClN4O2. The topological polar surface area (TPSA) is 72.8 Å². The number of aromatic amines is 1. The Morgan fingerprint density at radius 1 is 1.10 bits per heavy atom. The van der Waals surface area contributed by atoms with Gasteiger partial charge in [0.15, 0.2) is 0 Å². The van der Waals surface area contributed by atoms with Gasteiger partial charge >= 0.3 is 5.97 Å². The molecular weight excluding hydrogens is 388 g/mol. The third kappa shape index (κ3) is 3.43. The summed E-state index contributed by atoms with van der Waals surface area (Å²) in [6.07, 6.45) is 0. The van der Waals surface area contributed by atoms with E-state index in [0.29, 0.717) is 10.6 Å². The number of ether oxygens (including phenoxy) is 1. The van der Waals surface area contributed by atoms with E-state index in [9.17, 15) is 4.79 Å². The molecule has 0 bridgehead atoms. The van der Waals surface area contributed by atoms with E-state index in [0.717, 1.165) is 39.9 Å². The second-order valence-electron chi connectivity index (χ2n) is 6.62. The van der Waals surface area contributed by atoms with Gasteiger partial charge in [-0.15, -0.1) is 0 Å². The van der Waals surface area contributed by atoms with E-state index in [-0.39, 0.29) is 5.97 Å². The van der Waals surface area contributed by atoms with Gasteiger partial charge in [0.05, 0.1) is 34.8 Å². The van der Waals surface area contributed by atoms with Crippen molar-refractivity contribution in [3.05, 3.63) is 76.7 Å². The van der Waals surface area contributed by atoms with Crippen molar-refractivity contribution in [2.45, 2.75) is 13.8 Å². The molecule has 0 amide bonds. The zero-order valence-electron chi connectivity index (χ0n) is 16.2. The molecule has 0 fully saturated rings. The van der Waals surface area contributed by atoms with Gasteiger partial charge in [0.2, 0.25) is 0 Å². The van der Waals surface area contributed by atoms with Crippen LogP contribution in [-0.2, 0) is 4.74 Å². The second kappa shape index (κ2) is 7.56. The summed E-state index contributed by atoms with van der Waals surface area (Å²) >= 11 is 6.39. The standard InChI is InChI=1S/C22H19ClN4O2/c1-13-21(24-14(2)27(13)20-7-5-4-6-17(20)23)19-12-18(25-26-19)15-8-10-16(11-9-15)22(28)29-3/h4-12H,1-3H3,(H,25,26). The third-order valence-corrected chi connectivity index (χ3v) is 5.12. The van der Waals surface area contributed by atoms with Gasteiger partial charge in [-0.1, -0.05) is 35.9 Å². The van der Waals surface area contributed by atoms with Crippen molar-refractivity contribution in [2.75, 3.05) is 7.11 Å². The van der Waals surface area contributed by atoms with Crippen LogP contribution < -0.4 is 0 Å². The molecule has 6 nitrogen and oxygen atoms in total. The van der Waals surface area contributed by atoms with Crippen LogP contribution in [0.2, 0.25) is 5.02 Å². The summed E-state index contributed by atoms with van der Waals surface area (Å²) in [7, 11) is 1.36. The number of aryl methyl sites for hydroxylation is 1. The average Bonchev–Trinajstić information content (AvgIpc) is 3.33. The Balaban J connectivity index is 1.70. The van der Waals surface area contributed by atoms with Crippen LogP contribution in [0.25, 0.3) is 28.3 Å². The molecule has 7 heteroatoms. The number of halogens is 1. The molecule has 0 unspecified atom stereocenters. The molecule has 4 rings (SSSR count). The average molecular weight is 407 g/mol. The van der Waals surface area contributed by atoms with Gasteiger partial charge in [0.1, 0.15) is 11.5 Å². The number of rotatable bonds is 4. The van der Waals surface area contributed by atoms with Crippen molar-refractivity contribution in [3.63, 3.8) is 0 Å². The molecule has 2 heterocycles. The Morgan fingerprint density at radius 3 is 2.52 bits per heavy atom. The highest BCUT2D eigenvalue weighted by atomic mass is 35.5. The van der Waals surface area contributed by atoms with Crippen LogP contribution in [-0.4, -0.2) is 32.8 Å². The number of imidazole rings is 1. The first-order valence-corrected chi connectivity index (χ1v) is 9.42. The minimum atomic E-state index is -0.365. The summed E-state index contributed by atoms with van der Waals surface area (Å²) in [5, 5.41) is 8.14. The van der Waals surface area contributed by atoms with Gasteiger partial charge in [-0.3, -0.25) is 9.67 Å². The molecule has 2 aromatic heterocycles. The molecule has 0 aliphatic carbocycles. The highest BCUT2D eigenvalue weighted by molar-refractivity contribution is 6.32. The maximum absolute atomic E-state index is 11.6. The number of H-pyrrole nitrogens is 1. The number of nitrogens with one attached hydrogen (secondary N) is 1. The molecule has 0 saturated carbocycles. The number of carbonyl (C=O) groups excluding carboxylic acids is 1. The minimum absolute atomic E-state index is 0.365. The van der Waals surface area contributed by atoms with Crippen LogP contribution >= 0.6 is 11.6 Å². The molecule has 4 aromatic rings. The lowest BCUT2D eigenvalue weighted by Gasteiger charge is -2.09. The molecule has 0 aliphatic heterocycles. The van der Waals surface area contributed by atoms with Crippen LogP contribution in [0.3, 0.4) is 0 Å². The lowest BCUT2D eigenvalue weighted by atomic mass is 10.1. The number of aromatic nitrogens is 4. The fourth-order valence-corrected chi connectivity index (χ4v) is 3.59. The monoisotopic (exact) mass is 406 g/mol. The summed E-state index contributed by atoms with van der Waals surface area (Å²) < 4.78 is 6.77. The van der Waals surface area contributed by atoms with Gasteiger partial charge in [-0.05, 0) is 44.2 Å². The van der Waals surface area contributed by atoms with E-state index >= 15 is 0 Å². The van der Waals surface area contributed by atoms with Gasteiger partial charge < -0.3 is 4.74 Å². The predicted octanol–water partition coefficient (Wildman–Crippen LogP) is 4.99. The molecule has 2 aromatic carbocycles. The third-order valence-electron chi connectivity index (χ3n) is 4.80. The number of esters is 1. The van der Waals surface area contributed by atoms with Crippen molar-refractivity contribution in [2.24, 2.45) is 0 Å². The van der Waals surface area contributed by atoms with E-state index in [4.69, 9.17) is 21.3 Å². The van der Waals surface area contributed by atoms with E-state index < -0.39 is 0 Å². The Labute approximate surface area is 173 Å². The van der Waals surface area contributed by atoms with Crippen molar-refractivity contribution in [1.29, 1.82) is 0 Å². The first-order valence-electron chi connectivity index (χ1n) is 9.05. The molecule has 29 heavy (non-hydrogen) atoms. The number of hydrogen-bond acceptors (Lipinski definition) is 4. The lowest BCUT2D eigenvalue weighted by molar-refractivity contribution is 0.0601. The van der Waals surface area contributed by atoms with Gasteiger partial charge in [0.25, 0.3) is 0 Å². The quantitative estimate of drug-likeness (QED) is 0.485. The van der Waals surface area contributed by atoms with Crippen molar-refractivity contribution >= 4 is 17.6 Å². The van der Waals surface area contributed by atoms with Crippen LogP contribution in [0.5, 0.6) is 0 Å². The Hall–Kier alpha value is -3.38. The largest absolute Gasteiger partial charge is 0.465 e. The minimum Gasteiger partial charge on any atom is -0.465 e.